The van der Waals surface area contributed by atoms with Crippen LogP contribution in [0.15, 0.2) is 84.8 Å². The van der Waals surface area contributed by atoms with Crippen LogP contribution in [-0.2, 0) is 20.2 Å². The van der Waals surface area contributed by atoms with Gasteiger partial charge < -0.3 is 21.1 Å². The van der Waals surface area contributed by atoms with Crippen molar-refractivity contribution in [2.45, 2.75) is 9.79 Å². The third kappa shape index (κ3) is 6.20. The van der Waals surface area contributed by atoms with Gasteiger partial charge in [-0.3, -0.25) is 19.2 Å². The summed E-state index contributed by atoms with van der Waals surface area (Å²) in [4.78, 5) is 19.9. The summed E-state index contributed by atoms with van der Waals surface area (Å²) < 4.78 is 66.7. The maximum Gasteiger partial charge on any atom is 0.342 e. The van der Waals surface area contributed by atoms with Crippen LogP contribution in [0.25, 0.3) is 10.8 Å². The highest BCUT2D eigenvalue weighted by Gasteiger charge is 2.25. The molecule has 18 nitrogen and oxygen atoms in total. The Labute approximate surface area is 239 Å². The van der Waals surface area contributed by atoms with Crippen molar-refractivity contribution in [3.8, 4) is 11.5 Å². The molecule has 4 aromatic rings. The normalized spacial score (nSPS) is 12.3. The molecule has 0 bridgehead atoms. The van der Waals surface area contributed by atoms with Crippen molar-refractivity contribution in [3.05, 3.63) is 70.3 Å². The average molecular weight is 633 g/mol. The third-order valence-electron chi connectivity index (χ3n) is 5.65. The number of fused-ring (bicyclic) bond motifs is 1. The molecule has 0 aliphatic rings. The van der Waals surface area contributed by atoms with Gasteiger partial charge in [0.1, 0.15) is 32.4 Å². The molecule has 0 unspecified atom stereocenters. The van der Waals surface area contributed by atoms with Gasteiger partial charge in [0.2, 0.25) is 0 Å². The number of nitro groups is 1. The number of nitrogen functional groups attached to an aromatic ring is 1. The van der Waals surface area contributed by atoms with Gasteiger partial charge in [-0.1, -0.05) is 6.07 Å². The fourth-order valence-electron chi connectivity index (χ4n) is 3.74. The van der Waals surface area contributed by atoms with Gasteiger partial charge in [0.15, 0.2) is 11.5 Å². The highest BCUT2D eigenvalue weighted by molar-refractivity contribution is 7.86. The molecule has 4 aromatic carbocycles. The minimum Gasteiger partial charge on any atom is -0.505 e. The van der Waals surface area contributed by atoms with Gasteiger partial charge in [0, 0.05) is 11.8 Å². The van der Waals surface area contributed by atoms with E-state index < -0.39 is 74.7 Å². The van der Waals surface area contributed by atoms with E-state index in [4.69, 9.17) is 5.73 Å². The Kier molecular flexibility index (Phi) is 7.79. The molecule has 0 fully saturated rings. The Morgan fingerprint density at radius 2 is 1.42 bits per heavy atom. The molecule has 0 radical (unpaired) electrons. The first-order chi connectivity index (χ1) is 20.0. The molecule has 0 atom stereocenters. The molecule has 0 amide bonds. The lowest BCUT2D eigenvalue weighted by Crippen LogP contribution is -2.02. The largest absolute Gasteiger partial charge is 0.505 e. The van der Waals surface area contributed by atoms with E-state index in [9.17, 15) is 56.2 Å². The van der Waals surface area contributed by atoms with Crippen LogP contribution in [0.2, 0.25) is 0 Å². The lowest BCUT2D eigenvalue weighted by Gasteiger charge is -2.11. The molecular formula is C23H16N6O12S2. The summed E-state index contributed by atoms with van der Waals surface area (Å²) in [5.74, 6) is -3.54. The fourth-order valence-corrected chi connectivity index (χ4v) is 5.05. The number of nitrogens with zero attached hydrogens (tertiary/aromatic N) is 5. The number of phenols is 2. The third-order valence-corrected chi connectivity index (χ3v) is 7.40. The Balaban J connectivity index is 1.88. The molecule has 222 valence electrons. The number of anilines is 1. The van der Waals surface area contributed by atoms with Crippen molar-refractivity contribution in [2.75, 3.05) is 5.73 Å². The zero-order valence-corrected chi connectivity index (χ0v) is 22.6. The van der Waals surface area contributed by atoms with Crippen molar-refractivity contribution < 1.29 is 51.0 Å². The summed E-state index contributed by atoms with van der Waals surface area (Å²) >= 11 is 0. The second-order valence-corrected chi connectivity index (χ2v) is 11.2. The topological polar surface area (TPSA) is 305 Å². The SMILES string of the molecule is Nc1ccc(/N=N/c2ccc3cc(S(=O)(=O)O)c(/N=N/c4ccc([N+](=O)[O-])c(C(=O)O)c4)c(O)c3c2O)c(S(=O)(=O)O)c1. The molecule has 4 rings (SSSR count). The summed E-state index contributed by atoms with van der Waals surface area (Å²) in [6, 6.07) is 8.89. The van der Waals surface area contributed by atoms with Crippen LogP contribution in [0.5, 0.6) is 11.5 Å². The van der Waals surface area contributed by atoms with Crippen molar-refractivity contribution in [3.63, 3.8) is 0 Å². The minimum atomic E-state index is -5.09. The van der Waals surface area contributed by atoms with Crippen LogP contribution in [-0.4, -0.2) is 52.2 Å². The van der Waals surface area contributed by atoms with E-state index in [-0.39, 0.29) is 28.1 Å². The van der Waals surface area contributed by atoms with Crippen LogP contribution in [0, 0.1) is 10.1 Å². The number of carbonyl (C=O) groups is 1. The number of hydrogen-bond donors (Lipinski definition) is 6. The van der Waals surface area contributed by atoms with Crippen LogP contribution in [0.3, 0.4) is 0 Å². The number of nitrogens with two attached hydrogens (primary N) is 1. The van der Waals surface area contributed by atoms with Gasteiger partial charge in [-0.15, -0.1) is 15.3 Å². The average Bonchev–Trinajstić information content (AvgIpc) is 2.91. The molecular weight excluding hydrogens is 616 g/mol. The van der Waals surface area contributed by atoms with Gasteiger partial charge in [0.25, 0.3) is 25.9 Å². The molecule has 0 heterocycles. The summed E-state index contributed by atoms with van der Waals surface area (Å²) in [6.07, 6.45) is 0. The first-order valence-corrected chi connectivity index (χ1v) is 14.1. The van der Waals surface area contributed by atoms with E-state index in [0.717, 1.165) is 48.5 Å². The predicted octanol–water partition coefficient (Wildman–Crippen LogP) is 4.76. The molecule has 20 heteroatoms. The smallest absolute Gasteiger partial charge is 0.342 e. The zero-order chi connectivity index (χ0) is 31.9. The first-order valence-electron chi connectivity index (χ1n) is 11.2. The number of rotatable bonds is 8. The number of benzene rings is 4. The molecule has 0 saturated carbocycles. The number of aromatic hydroxyl groups is 2. The number of phenolic OH excluding ortho intramolecular Hbond substituents is 2. The fraction of sp³-hybridized carbons (Fsp3) is 0. The van der Waals surface area contributed by atoms with Crippen LogP contribution in [0.4, 0.5) is 34.1 Å². The van der Waals surface area contributed by atoms with E-state index in [1.54, 1.807) is 0 Å². The number of hydrogen-bond acceptors (Lipinski definition) is 14. The summed E-state index contributed by atoms with van der Waals surface area (Å²) in [5, 5.41) is 56.1. The second-order valence-electron chi connectivity index (χ2n) is 8.44. The Morgan fingerprint density at radius 3 is 2.02 bits per heavy atom. The summed E-state index contributed by atoms with van der Waals surface area (Å²) in [6.45, 7) is 0. The Hall–Kier alpha value is -5.57. The monoisotopic (exact) mass is 632 g/mol. The first kappa shape index (κ1) is 30.4. The van der Waals surface area contributed by atoms with Crippen molar-refractivity contribution >= 4 is 71.1 Å². The maximum atomic E-state index is 12.1. The predicted molar refractivity (Wildman–Crippen MR) is 146 cm³/mol. The summed E-state index contributed by atoms with van der Waals surface area (Å²) in [7, 11) is -9.88. The van der Waals surface area contributed by atoms with Gasteiger partial charge in [-0.05, 0) is 47.9 Å². The van der Waals surface area contributed by atoms with Crippen molar-refractivity contribution in [1.29, 1.82) is 0 Å². The van der Waals surface area contributed by atoms with Gasteiger partial charge in [0.05, 0.1) is 16.0 Å². The van der Waals surface area contributed by atoms with Gasteiger partial charge in [-0.25, -0.2) is 4.79 Å². The van der Waals surface area contributed by atoms with Crippen LogP contribution >= 0.6 is 0 Å². The lowest BCUT2D eigenvalue weighted by atomic mass is 10.1. The molecule has 7 N–H and O–H groups in total. The maximum absolute atomic E-state index is 12.1. The molecule has 0 aliphatic heterocycles. The van der Waals surface area contributed by atoms with E-state index in [1.807, 2.05) is 0 Å². The minimum absolute atomic E-state index is 0.0192. The highest BCUT2D eigenvalue weighted by atomic mass is 32.2. The molecule has 0 saturated heterocycles. The summed E-state index contributed by atoms with van der Waals surface area (Å²) in [5.41, 5.74) is 1.98. The number of carboxylic acids is 1. The van der Waals surface area contributed by atoms with Gasteiger partial charge in [-0.2, -0.15) is 21.9 Å². The quantitative estimate of drug-likeness (QED) is 0.0502. The van der Waals surface area contributed by atoms with Crippen molar-refractivity contribution in [1.82, 2.24) is 0 Å². The Bertz CT molecular complexity index is 2130. The number of carboxylic acid groups (broad SMARTS) is 1. The van der Waals surface area contributed by atoms with E-state index in [1.165, 1.54) is 6.07 Å². The lowest BCUT2D eigenvalue weighted by molar-refractivity contribution is -0.385. The molecule has 0 spiro atoms. The van der Waals surface area contributed by atoms with E-state index >= 15 is 0 Å². The number of azo groups is 2. The molecule has 43 heavy (non-hydrogen) atoms. The van der Waals surface area contributed by atoms with Gasteiger partial charge >= 0.3 is 5.97 Å². The standard InChI is InChI=1S/C23H16N6O12S2/c24-11-2-5-14(17(8-11)42(36,37)38)26-27-15-4-1-10-7-18(43(39,40)41)20(22(31)19(10)21(15)30)28-25-12-3-6-16(29(34)35)13(9-12)23(32)33/h1-9,30-31H,24H2,(H,32,33)(H,36,37,38)(H,39,40,41)/b27-26+,28-25+. The molecule has 0 aromatic heterocycles. The zero-order valence-electron chi connectivity index (χ0n) is 20.9. The number of aromatic carboxylic acids is 1. The van der Waals surface area contributed by atoms with Crippen LogP contribution in [0.1, 0.15) is 10.4 Å². The number of nitro benzene ring substituents is 1. The van der Waals surface area contributed by atoms with E-state index in [2.05, 4.69) is 20.5 Å². The van der Waals surface area contributed by atoms with E-state index in [0.29, 0.717) is 0 Å². The highest BCUT2D eigenvalue weighted by Crippen LogP contribution is 2.48. The Morgan fingerprint density at radius 1 is 0.791 bits per heavy atom. The van der Waals surface area contributed by atoms with Crippen molar-refractivity contribution in [2.24, 2.45) is 20.5 Å². The van der Waals surface area contributed by atoms with Crippen LogP contribution < -0.4 is 5.73 Å². The molecule has 0 aliphatic carbocycles. The second kappa shape index (κ2) is 11.0.